The predicted octanol–water partition coefficient (Wildman–Crippen LogP) is 6.01. The minimum atomic E-state index is -0.278. The third kappa shape index (κ3) is 2.26. The summed E-state index contributed by atoms with van der Waals surface area (Å²) >= 11 is 0. The Morgan fingerprint density at radius 1 is 0.536 bits per heavy atom. The maximum Gasteiger partial charge on any atom is 0.170 e. The van der Waals surface area contributed by atoms with E-state index in [1.165, 1.54) is 38.8 Å². The zero-order valence-corrected chi connectivity index (χ0v) is 16.4. The summed E-state index contributed by atoms with van der Waals surface area (Å²) in [5, 5.41) is 0. The van der Waals surface area contributed by atoms with Crippen LogP contribution in [0.2, 0.25) is 13.6 Å². The second-order valence-electron chi connectivity index (χ2n) is 7.95. The molecular formula is C27H23B. The summed E-state index contributed by atoms with van der Waals surface area (Å²) in [7, 11) is 0. The quantitative estimate of drug-likeness (QED) is 0.347. The molecule has 0 N–H and O–H groups in total. The maximum atomic E-state index is 2.33. The Morgan fingerprint density at radius 3 is 1.68 bits per heavy atom. The van der Waals surface area contributed by atoms with Crippen LogP contribution in [0.15, 0.2) is 103 Å². The Kier molecular flexibility index (Phi) is 3.98. The first-order valence-corrected chi connectivity index (χ1v) is 10.1. The van der Waals surface area contributed by atoms with Crippen molar-refractivity contribution in [3.05, 3.63) is 125 Å². The fourth-order valence-electron chi connectivity index (χ4n) is 5.00. The average molecular weight is 358 g/mol. The zero-order valence-electron chi connectivity index (χ0n) is 16.4. The molecule has 0 aliphatic heterocycles. The van der Waals surface area contributed by atoms with Gasteiger partial charge >= 0.3 is 0 Å². The first-order valence-electron chi connectivity index (χ1n) is 10.1. The largest absolute Gasteiger partial charge is 0.170 e. The van der Waals surface area contributed by atoms with Crippen LogP contribution in [0, 0.1) is 0 Å². The molecule has 0 bridgehead atoms. The van der Waals surface area contributed by atoms with Crippen LogP contribution in [0.3, 0.4) is 0 Å². The Hall–Kier alpha value is -3.06. The molecule has 0 saturated heterocycles. The molecule has 0 saturated carbocycles. The maximum absolute atomic E-state index is 2.33. The van der Waals surface area contributed by atoms with Crippen molar-refractivity contribution in [2.75, 3.05) is 0 Å². The Bertz CT molecular complexity index is 1090. The van der Waals surface area contributed by atoms with Gasteiger partial charge < -0.3 is 0 Å². The van der Waals surface area contributed by atoms with E-state index in [0.29, 0.717) is 6.71 Å². The number of rotatable bonds is 3. The minimum absolute atomic E-state index is 0.278. The first kappa shape index (κ1) is 17.1. The van der Waals surface area contributed by atoms with E-state index in [1.807, 2.05) is 0 Å². The SMILES string of the molecule is CB(C)c1cccc2c1-c1ccccc1C2(c1ccccc1)c1ccccc1. The number of fused-ring (bicyclic) bond motifs is 3. The molecule has 134 valence electrons. The van der Waals surface area contributed by atoms with Gasteiger partial charge in [-0.15, -0.1) is 0 Å². The van der Waals surface area contributed by atoms with Gasteiger partial charge in [0.15, 0.2) is 6.71 Å². The molecule has 1 heteroatoms. The Morgan fingerprint density at radius 2 is 1.07 bits per heavy atom. The fraction of sp³-hybridized carbons (Fsp3) is 0.111. The molecule has 0 unspecified atom stereocenters. The van der Waals surface area contributed by atoms with Gasteiger partial charge in [-0.05, 0) is 33.4 Å². The molecule has 1 aliphatic rings. The molecule has 0 heterocycles. The van der Waals surface area contributed by atoms with Gasteiger partial charge in [-0.25, -0.2) is 0 Å². The fourth-order valence-corrected chi connectivity index (χ4v) is 5.00. The van der Waals surface area contributed by atoms with Crippen molar-refractivity contribution in [1.29, 1.82) is 0 Å². The van der Waals surface area contributed by atoms with Crippen LogP contribution in [-0.4, -0.2) is 6.71 Å². The molecule has 0 radical (unpaired) electrons. The highest BCUT2D eigenvalue weighted by Gasteiger charge is 2.46. The molecule has 0 fully saturated rings. The van der Waals surface area contributed by atoms with Crippen LogP contribution in [0.1, 0.15) is 22.3 Å². The lowest BCUT2D eigenvalue weighted by atomic mass is 9.48. The van der Waals surface area contributed by atoms with Crippen LogP contribution in [-0.2, 0) is 5.41 Å². The summed E-state index contributed by atoms with van der Waals surface area (Å²) < 4.78 is 0. The van der Waals surface area contributed by atoms with Crippen molar-refractivity contribution in [3.63, 3.8) is 0 Å². The molecule has 0 spiro atoms. The summed E-state index contributed by atoms with van der Waals surface area (Å²) in [5.41, 5.74) is 9.38. The Balaban J connectivity index is 1.99. The van der Waals surface area contributed by atoms with Crippen molar-refractivity contribution >= 4 is 12.2 Å². The summed E-state index contributed by atoms with van der Waals surface area (Å²) in [6.45, 7) is 5.07. The topological polar surface area (TPSA) is 0 Å². The second kappa shape index (κ2) is 6.53. The first-order chi connectivity index (χ1) is 13.7. The molecule has 0 aromatic heterocycles. The van der Waals surface area contributed by atoms with Crippen molar-refractivity contribution in [2.24, 2.45) is 0 Å². The third-order valence-corrected chi connectivity index (χ3v) is 6.14. The molecule has 0 amide bonds. The Labute approximate surface area is 168 Å². The minimum Gasteiger partial charge on any atom is -0.0819 e. The van der Waals surface area contributed by atoms with Crippen LogP contribution in [0.4, 0.5) is 0 Å². The van der Waals surface area contributed by atoms with E-state index in [0.717, 1.165) is 0 Å². The monoisotopic (exact) mass is 358 g/mol. The van der Waals surface area contributed by atoms with E-state index in [4.69, 9.17) is 0 Å². The molecule has 4 aromatic rings. The highest BCUT2D eigenvalue weighted by atomic mass is 14.5. The molecule has 0 atom stereocenters. The number of hydrogen-bond acceptors (Lipinski definition) is 0. The summed E-state index contributed by atoms with van der Waals surface area (Å²) in [6, 6.07) is 37.8. The lowest BCUT2D eigenvalue weighted by Gasteiger charge is -2.34. The van der Waals surface area contributed by atoms with Gasteiger partial charge in [0.25, 0.3) is 0 Å². The van der Waals surface area contributed by atoms with Gasteiger partial charge in [0.1, 0.15) is 0 Å². The molecule has 5 rings (SSSR count). The standard InChI is InChI=1S/C27H23B/c1-28(2)25-19-11-18-24-26(25)22-16-9-10-17-23(22)27(24,20-12-5-3-6-13-20)21-14-7-4-8-15-21/h3-19H,1-2H3. The van der Waals surface area contributed by atoms with Crippen LogP contribution < -0.4 is 5.46 Å². The lowest BCUT2D eigenvalue weighted by molar-refractivity contribution is 0.769. The van der Waals surface area contributed by atoms with Gasteiger partial charge in [0.05, 0.1) is 5.41 Å². The van der Waals surface area contributed by atoms with Crippen LogP contribution in [0.25, 0.3) is 11.1 Å². The highest BCUT2D eigenvalue weighted by molar-refractivity contribution is 6.72. The van der Waals surface area contributed by atoms with Gasteiger partial charge in [-0.2, -0.15) is 0 Å². The smallest absolute Gasteiger partial charge is 0.0819 e. The van der Waals surface area contributed by atoms with Crippen molar-refractivity contribution in [2.45, 2.75) is 19.1 Å². The molecule has 0 nitrogen and oxygen atoms in total. The van der Waals surface area contributed by atoms with Gasteiger partial charge in [0, 0.05) is 0 Å². The van der Waals surface area contributed by atoms with Crippen molar-refractivity contribution in [3.8, 4) is 11.1 Å². The third-order valence-electron chi connectivity index (χ3n) is 6.14. The lowest BCUT2D eigenvalue weighted by Crippen LogP contribution is -2.30. The normalized spacial score (nSPS) is 13.6. The van der Waals surface area contributed by atoms with E-state index >= 15 is 0 Å². The van der Waals surface area contributed by atoms with Crippen molar-refractivity contribution in [1.82, 2.24) is 0 Å². The van der Waals surface area contributed by atoms with Gasteiger partial charge in [0.2, 0.25) is 0 Å². The zero-order chi connectivity index (χ0) is 19.1. The van der Waals surface area contributed by atoms with Crippen LogP contribution >= 0.6 is 0 Å². The summed E-state index contributed by atoms with van der Waals surface area (Å²) in [4.78, 5) is 0. The highest BCUT2D eigenvalue weighted by Crippen LogP contribution is 2.55. The van der Waals surface area contributed by atoms with Crippen LogP contribution in [0.5, 0.6) is 0 Å². The summed E-state index contributed by atoms with van der Waals surface area (Å²) in [6.07, 6.45) is 0. The van der Waals surface area contributed by atoms with Gasteiger partial charge in [-0.1, -0.05) is 122 Å². The predicted molar refractivity (Wildman–Crippen MR) is 121 cm³/mol. The van der Waals surface area contributed by atoms with E-state index in [-0.39, 0.29) is 5.41 Å². The number of hydrogen-bond donors (Lipinski definition) is 0. The second-order valence-corrected chi connectivity index (χ2v) is 7.95. The van der Waals surface area contributed by atoms with E-state index in [2.05, 4.69) is 117 Å². The molecular weight excluding hydrogens is 335 g/mol. The van der Waals surface area contributed by atoms with E-state index < -0.39 is 0 Å². The van der Waals surface area contributed by atoms with E-state index in [1.54, 1.807) is 0 Å². The molecule has 28 heavy (non-hydrogen) atoms. The molecule has 1 aliphatic carbocycles. The summed E-state index contributed by atoms with van der Waals surface area (Å²) in [5.74, 6) is 0. The van der Waals surface area contributed by atoms with Gasteiger partial charge in [-0.3, -0.25) is 0 Å². The van der Waals surface area contributed by atoms with E-state index in [9.17, 15) is 0 Å². The van der Waals surface area contributed by atoms with Crippen molar-refractivity contribution < 1.29 is 0 Å². The molecule has 4 aromatic carbocycles. The number of benzene rings is 4. The average Bonchev–Trinajstić information content (AvgIpc) is 3.06.